The fourth-order valence-corrected chi connectivity index (χ4v) is 4.02. The molecule has 2 atom stereocenters. The molecule has 0 aromatic heterocycles. The van der Waals surface area contributed by atoms with Crippen molar-refractivity contribution in [1.82, 2.24) is 0 Å². The minimum Gasteiger partial charge on any atom is -0.493 e. The smallest absolute Gasteiger partial charge is 0.122 e. The molecule has 1 aliphatic rings. The van der Waals surface area contributed by atoms with Crippen LogP contribution in [0.2, 0.25) is 0 Å². The predicted molar refractivity (Wildman–Crippen MR) is 80.7 cm³/mol. The van der Waals surface area contributed by atoms with E-state index in [4.69, 9.17) is 4.74 Å². The maximum Gasteiger partial charge on any atom is 0.122 e. The molecule has 1 nitrogen and oxygen atoms in total. The molecule has 0 aliphatic carbocycles. The molecular formula is C16H23BrO. The van der Waals surface area contributed by atoms with Crippen molar-refractivity contribution in [3.63, 3.8) is 0 Å². The summed E-state index contributed by atoms with van der Waals surface area (Å²) < 4.78 is 5.74. The van der Waals surface area contributed by atoms with Crippen molar-refractivity contribution in [2.45, 2.75) is 50.8 Å². The first kappa shape index (κ1) is 13.9. The van der Waals surface area contributed by atoms with Crippen LogP contribution in [0.1, 0.15) is 51.5 Å². The largest absolute Gasteiger partial charge is 0.493 e. The lowest BCUT2D eigenvalue weighted by Gasteiger charge is -2.34. The molecule has 1 heterocycles. The molecule has 0 spiro atoms. The van der Waals surface area contributed by atoms with Crippen LogP contribution in [0.3, 0.4) is 0 Å². The summed E-state index contributed by atoms with van der Waals surface area (Å²) in [5.74, 6) is 1.74. The fourth-order valence-electron chi connectivity index (χ4n) is 3.14. The van der Waals surface area contributed by atoms with Gasteiger partial charge in [-0.1, -0.05) is 54.9 Å². The highest BCUT2D eigenvalue weighted by atomic mass is 79.9. The number of alkyl halides is 1. The maximum atomic E-state index is 5.74. The zero-order valence-corrected chi connectivity index (χ0v) is 13.2. The SMILES string of the molecule is CC(Br)CC(C)(C)CC1CCOc2ccccc21. The first-order valence-electron chi connectivity index (χ1n) is 6.84. The molecule has 0 bridgehead atoms. The fraction of sp³-hybridized carbons (Fsp3) is 0.625. The van der Waals surface area contributed by atoms with E-state index >= 15 is 0 Å². The van der Waals surface area contributed by atoms with Crippen LogP contribution in [0.15, 0.2) is 24.3 Å². The number of hydrogen-bond donors (Lipinski definition) is 0. The molecule has 1 aliphatic heterocycles. The Hall–Kier alpha value is -0.500. The molecule has 0 saturated carbocycles. The Kier molecular flexibility index (Phi) is 4.37. The third-order valence-electron chi connectivity index (χ3n) is 3.72. The van der Waals surface area contributed by atoms with Gasteiger partial charge in [0.05, 0.1) is 6.61 Å². The lowest BCUT2D eigenvalue weighted by molar-refractivity contribution is 0.218. The van der Waals surface area contributed by atoms with Crippen molar-refractivity contribution in [1.29, 1.82) is 0 Å². The van der Waals surface area contributed by atoms with Crippen LogP contribution in [-0.2, 0) is 0 Å². The molecule has 1 aromatic carbocycles. The van der Waals surface area contributed by atoms with Gasteiger partial charge in [0, 0.05) is 4.83 Å². The molecule has 2 rings (SSSR count). The number of ether oxygens (including phenoxy) is 1. The summed E-state index contributed by atoms with van der Waals surface area (Å²) in [6.07, 6.45) is 3.60. The van der Waals surface area contributed by atoms with Crippen LogP contribution in [-0.4, -0.2) is 11.4 Å². The Morgan fingerprint density at radius 3 is 2.83 bits per heavy atom. The van der Waals surface area contributed by atoms with Gasteiger partial charge in [-0.05, 0) is 42.2 Å². The highest BCUT2D eigenvalue weighted by Gasteiger charge is 2.29. The minimum absolute atomic E-state index is 0.373. The molecule has 100 valence electrons. The van der Waals surface area contributed by atoms with Gasteiger partial charge in [-0.15, -0.1) is 0 Å². The number of benzene rings is 1. The first-order chi connectivity index (χ1) is 8.48. The molecular weight excluding hydrogens is 288 g/mol. The molecule has 0 saturated heterocycles. The van der Waals surface area contributed by atoms with Crippen LogP contribution >= 0.6 is 15.9 Å². The van der Waals surface area contributed by atoms with Crippen LogP contribution < -0.4 is 4.74 Å². The highest BCUT2D eigenvalue weighted by molar-refractivity contribution is 9.09. The minimum atomic E-state index is 0.373. The van der Waals surface area contributed by atoms with Gasteiger partial charge in [0.2, 0.25) is 0 Å². The Bertz CT molecular complexity index is 398. The monoisotopic (exact) mass is 310 g/mol. The average molecular weight is 311 g/mol. The van der Waals surface area contributed by atoms with Gasteiger partial charge in [0.15, 0.2) is 0 Å². The van der Waals surface area contributed by atoms with Gasteiger partial charge in [-0.3, -0.25) is 0 Å². The summed E-state index contributed by atoms with van der Waals surface area (Å²) in [4.78, 5) is 0.586. The van der Waals surface area contributed by atoms with Gasteiger partial charge >= 0.3 is 0 Å². The number of para-hydroxylation sites is 1. The van der Waals surface area contributed by atoms with Gasteiger partial charge in [0.25, 0.3) is 0 Å². The zero-order valence-electron chi connectivity index (χ0n) is 11.6. The van der Waals surface area contributed by atoms with Crippen molar-refractivity contribution < 1.29 is 4.74 Å². The third-order valence-corrected chi connectivity index (χ3v) is 4.04. The summed E-state index contributed by atoms with van der Waals surface area (Å²) in [5, 5.41) is 0. The first-order valence-corrected chi connectivity index (χ1v) is 7.75. The zero-order chi connectivity index (χ0) is 13.2. The van der Waals surface area contributed by atoms with Crippen molar-refractivity contribution in [3.8, 4) is 5.75 Å². The van der Waals surface area contributed by atoms with E-state index in [1.807, 2.05) is 0 Å². The van der Waals surface area contributed by atoms with Crippen LogP contribution in [0.4, 0.5) is 0 Å². The number of halogens is 1. The van der Waals surface area contributed by atoms with E-state index in [1.54, 1.807) is 0 Å². The van der Waals surface area contributed by atoms with Crippen molar-refractivity contribution in [2.24, 2.45) is 5.41 Å². The summed E-state index contributed by atoms with van der Waals surface area (Å²) in [6.45, 7) is 7.85. The van der Waals surface area contributed by atoms with Gasteiger partial charge < -0.3 is 4.74 Å². The molecule has 18 heavy (non-hydrogen) atoms. The maximum absolute atomic E-state index is 5.74. The second kappa shape index (κ2) is 5.64. The molecule has 0 N–H and O–H groups in total. The topological polar surface area (TPSA) is 9.23 Å². The van der Waals surface area contributed by atoms with E-state index in [0.29, 0.717) is 16.2 Å². The van der Waals surface area contributed by atoms with Gasteiger partial charge in [0.1, 0.15) is 5.75 Å². The third kappa shape index (κ3) is 3.50. The Morgan fingerprint density at radius 2 is 2.11 bits per heavy atom. The quantitative estimate of drug-likeness (QED) is 0.699. The molecule has 1 aromatic rings. The van der Waals surface area contributed by atoms with Gasteiger partial charge in [-0.2, -0.15) is 0 Å². The number of fused-ring (bicyclic) bond motifs is 1. The standard InChI is InChI=1S/C16H23BrO/c1-12(17)10-16(2,3)11-13-8-9-18-15-7-5-4-6-14(13)15/h4-7,12-13H,8-11H2,1-3H3. The Morgan fingerprint density at radius 1 is 1.39 bits per heavy atom. The number of rotatable bonds is 4. The van der Waals surface area contributed by atoms with Crippen molar-refractivity contribution >= 4 is 15.9 Å². The molecule has 0 amide bonds. The molecule has 2 heteroatoms. The average Bonchev–Trinajstić information content (AvgIpc) is 2.27. The van der Waals surface area contributed by atoms with Crippen LogP contribution in [0.25, 0.3) is 0 Å². The van der Waals surface area contributed by atoms with E-state index < -0.39 is 0 Å². The summed E-state index contributed by atoms with van der Waals surface area (Å²) >= 11 is 3.68. The summed E-state index contributed by atoms with van der Waals surface area (Å²) in [7, 11) is 0. The molecule has 0 fully saturated rings. The lowest BCUT2D eigenvalue weighted by atomic mass is 9.75. The van der Waals surface area contributed by atoms with E-state index in [0.717, 1.165) is 18.8 Å². The molecule has 2 unspecified atom stereocenters. The van der Waals surface area contributed by atoms with Crippen LogP contribution in [0, 0.1) is 5.41 Å². The normalized spacial score (nSPS) is 21.0. The predicted octanol–water partition coefficient (Wildman–Crippen LogP) is 5.14. The lowest BCUT2D eigenvalue weighted by Crippen LogP contribution is -2.23. The second-order valence-electron chi connectivity index (χ2n) is 6.23. The van der Waals surface area contributed by atoms with E-state index in [9.17, 15) is 0 Å². The molecule has 0 radical (unpaired) electrons. The van der Waals surface area contributed by atoms with Crippen molar-refractivity contribution in [3.05, 3.63) is 29.8 Å². The summed E-state index contributed by atoms with van der Waals surface area (Å²) in [5.41, 5.74) is 1.77. The summed E-state index contributed by atoms with van der Waals surface area (Å²) in [6, 6.07) is 8.52. The van der Waals surface area contributed by atoms with Gasteiger partial charge in [-0.25, -0.2) is 0 Å². The Balaban J connectivity index is 2.11. The number of hydrogen-bond acceptors (Lipinski definition) is 1. The van der Waals surface area contributed by atoms with E-state index in [1.165, 1.54) is 18.4 Å². The van der Waals surface area contributed by atoms with Crippen molar-refractivity contribution in [2.75, 3.05) is 6.61 Å². The second-order valence-corrected chi connectivity index (χ2v) is 7.79. The highest BCUT2D eigenvalue weighted by Crippen LogP contribution is 2.42. The van der Waals surface area contributed by atoms with Crippen LogP contribution in [0.5, 0.6) is 5.75 Å². The Labute approximate surface area is 119 Å². The van der Waals surface area contributed by atoms with E-state index in [-0.39, 0.29) is 0 Å². The van der Waals surface area contributed by atoms with E-state index in [2.05, 4.69) is 61.0 Å².